The van der Waals surface area contributed by atoms with Gasteiger partial charge in [0.05, 0.1) is 18.8 Å². The Hall–Kier alpha value is -2.60. The Morgan fingerprint density at radius 2 is 1.93 bits per heavy atom. The Bertz CT molecular complexity index is 744. The molecule has 2 aromatic rings. The van der Waals surface area contributed by atoms with Crippen molar-refractivity contribution >= 4 is 5.96 Å². The molecule has 6 nitrogen and oxygen atoms in total. The fourth-order valence-electron chi connectivity index (χ4n) is 2.76. The summed E-state index contributed by atoms with van der Waals surface area (Å²) in [7, 11) is 0. The molecule has 0 bridgehead atoms. The van der Waals surface area contributed by atoms with Crippen molar-refractivity contribution < 1.29 is 9.84 Å². The summed E-state index contributed by atoms with van der Waals surface area (Å²) >= 11 is 0. The number of rotatable bonds is 9. The van der Waals surface area contributed by atoms with Crippen LogP contribution in [0.4, 0.5) is 0 Å². The average Bonchev–Trinajstić information content (AvgIpc) is 2.67. The summed E-state index contributed by atoms with van der Waals surface area (Å²) in [5.74, 6) is 1.50. The van der Waals surface area contributed by atoms with Crippen molar-refractivity contribution in [3.05, 3.63) is 59.4 Å². The van der Waals surface area contributed by atoms with Crippen LogP contribution in [0, 0.1) is 6.92 Å². The highest BCUT2D eigenvalue weighted by Crippen LogP contribution is 2.19. The van der Waals surface area contributed by atoms with Gasteiger partial charge in [-0.25, -0.2) is 0 Å². The molecule has 0 saturated heterocycles. The predicted octanol–water partition coefficient (Wildman–Crippen LogP) is 3.01. The highest BCUT2D eigenvalue weighted by molar-refractivity contribution is 5.79. The molecule has 1 aromatic carbocycles. The zero-order valence-electron chi connectivity index (χ0n) is 17.3. The van der Waals surface area contributed by atoms with Gasteiger partial charge in [0, 0.05) is 25.5 Å². The molecule has 2 rings (SSSR count). The Kier molecular flexibility index (Phi) is 8.75. The van der Waals surface area contributed by atoms with Gasteiger partial charge in [0.15, 0.2) is 5.96 Å². The van der Waals surface area contributed by atoms with Crippen LogP contribution in [0.5, 0.6) is 5.75 Å². The van der Waals surface area contributed by atoms with Gasteiger partial charge in [-0.2, -0.15) is 0 Å². The van der Waals surface area contributed by atoms with Crippen LogP contribution in [-0.2, 0) is 6.42 Å². The van der Waals surface area contributed by atoms with E-state index in [1.807, 2.05) is 63.5 Å². The number of aryl methyl sites for hydroxylation is 1. The number of aliphatic hydroxyl groups excluding tert-OH is 1. The smallest absolute Gasteiger partial charge is 0.191 e. The van der Waals surface area contributed by atoms with E-state index in [0.29, 0.717) is 5.96 Å². The first kappa shape index (κ1) is 21.7. The highest BCUT2D eigenvalue weighted by atomic mass is 16.5. The number of aliphatic imine (C=N–C) groups is 1. The minimum atomic E-state index is -0.661. The van der Waals surface area contributed by atoms with Crippen molar-refractivity contribution in [2.75, 3.05) is 19.6 Å². The van der Waals surface area contributed by atoms with E-state index in [0.717, 1.165) is 30.8 Å². The Morgan fingerprint density at radius 1 is 1.18 bits per heavy atom. The summed E-state index contributed by atoms with van der Waals surface area (Å²) in [6.45, 7) is 9.87. The maximum absolute atomic E-state index is 10.4. The molecule has 1 atom stereocenters. The van der Waals surface area contributed by atoms with E-state index < -0.39 is 6.10 Å². The molecule has 1 aromatic heterocycles. The van der Waals surface area contributed by atoms with Gasteiger partial charge >= 0.3 is 0 Å². The van der Waals surface area contributed by atoms with Crippen LogP contribution in [0.25, 0.3) is 0 Å². The maximum atomic E-state index is 10.4. The van der Waals surface area contributed by atoms with Gasteiger partial charge in [0.2, 0.25) is 0 Å². The molecule has 3 N–H and O–H groups in total. The van der Waals surface area contributed by atoms with E-state index in [-0.39, 0.29) is 12.6 Å². The van der Waals surface area contributed by atoms with Crippen molar-refractivity contribution in [3.63, 3.8) is 0 Å². The van der Waals surface area contributed by atoms with Crippen molar-refractivity contribution in [1.29, 1.82) is 0 Å². The Morgan fingerprint density at radius 3 is 2.57 bits per heavy atom. The third-order valence-electron chi connectivity index (χ3n) is 4.23. The zero-order chi connectivity index (χ0) is 20.4. The number of hydrogen-bond acceptors (Lipinski definition) is 4. The van der Waals surface area contributed by atoms with Crippen LogP contribution >= 0.6 is 0 Å². The van der Waals surface area contributed by atoms with E-state index in [2.05, 4.69) is 27.5 Å². The van der Waals surface area contributed by atoms with Crippen LogP contribution in [-0.4, -0.2) is 41.8 Å². The summed E-state index contributed by atoms with van der Waals surface area (Å²) in [5, 5.41) is 17.0. The lowest BCUT2D eigenvalue weighted by atomic mass is 10.1. The molecule has 1 unspecified atom stereocenters. The standard InChI is InChI=1S/C22H32N4O2/c1-5-24-22(25-13-11-18-10-12-23-14-17(18)4)26-15-21(27)19-6-8-20(9-7-19)28-16(2)3/h6-10,12,14,16,21,27H,5,11,13,15H2,1-4H3,(H2,24,25,26). The Labute approximate surface area is 168 Å². The third kappa shape index (κ3) is 7.19. The van der Waals surface area contributed by atoms with Gasteiger partial charge in [-0.3, -0.25) is 9.98 Å². The molecule has 0 fully saturated rings. The second-order valence-electron chi connectivity index (χ2n) is 6.95. The molecule has 0 aliphatic rings. The van der Waals surface area contributed by atoms with Gasteiger partial charge in [-0.05, 0) is 69.0 Å². The first-order valence-corrected chi connectivity index (χ1v) is 9.86. The van der Waals surface area contributed by atoms with E-state index >= 15 is 0 Å². The van der Waals surface area contributed by atoms with Crippen molar-refractivity contribution in [3.8, 4) is 5.75 Å². The van der Waals surface area contributed by atoms with Crippen LogP contribution in [0.1, 0.15) is 43.6 Å². The van der Waals surface area contributed by atoms with E-state index in [4.69, 9.17) is 4.74 Å². The van der Waals surface area contributed by atoms with Gasteiger partial charge in [-0.15, -0.1) is 0 Å². The molecule has 28 heavy (non-hydrogen) atoms. The average molecular weight is 385 g/mol. The highest BCUT2D eigenvalue weighted by Gasteiger charge is 2.08. The first-order chi connectivity index (χ1) is 13.5. The fraction of sp³-hybridized carbons (Fsp3) is 0.455. The SMILES string of the molecule is CCNC(=NCC(O)c1ccc(OC(C)C)cc1)NCCc1ccncc1C. The molecule has 1 heterocycles. The van der Waals surface area contributed by atoms with Crippen LogP contribution in [0.2, 0.25) is 0 Å². The van der Waals surface area contributed by atoms with Gasteiger partial charge in [0.25, 0.3) is 0 Å². The fourth-order valence-corrected chi connectivity index (χ4v) is 2.76. The number of ether oxygens (including phenoxy) is 1. The minimum Gasteiger partial charge on any atom is -0.491 e. The molecule has 152 valence electrons. The number of benzene rings is 1. The number of pyridine rings is 1. The minimum absolute atomic E-state index is 0.130. The lowest BCUT2D eigenvalue weighted by Gasteiger charge is -2.14. The van der Waals surface area contributed by atoms with Crippen molar-refractivity contribution in [1.82, 2.24) is 15.6 Å². The zero-order valence-corrected chi connectivity index (χ0v) is 17.3. The molecule has 0 spiro atoms. The summed E-state index contributed by atoms with van der Waals surface area (Å²) < 4.78 is 5.64. The van der Waals surface area contributed by atoms with Crippen molar-refractivity contribution in [2.24, 2.45) is 4.99 Å². The van der Waals surface area contributed by atoms with Crippen LogP contribution in [0.15, 0.2) is 47.7 Å². The monoisotopic (exact) mass is 384 g/mol. The molecule has 0 aliphatic carbocycles. The largest absolute Gasteiger partial charge is 0.491 e. The quantitative estimate of drug-likeness (QED) is 0.458. The maximum Gasteiger partial charge on any atom is 0.191 e. The summed E-state index contributed by atoms with van der Waals surface area (Å²) in [6, 6.07) is 9.55. The van der Waals surface area contributed by atoms with Crippen LogP contribution < -0.4 is 15.4 Å². The molecule has 0 saturated carbocycles. The van der Waals surface area contributed by atoms with Gasteiger partial charge in [0.1, 0.15) is 5.75 Å². The predicted molar refractivity (Wildman–Crippen MR) is 114 cm³/mol. The molecular formula is C22H32N4O2. The molecule has 0 aliphatic heterocycles. The lowest BCUT2D eigenvalue weighted by molar-refractivity contribution is 0.186. The first-order valence-electron chi connectivity index (χ1n) is 9.86. The molecule has 6 heteroatoms. The molecule has 0 radical (unpaired) electrons. The summed E-state index contributed by atoms with van der Waals surface area (Å²) in [6.07, 6.45) is 4.05. The second kappa shape index (κ2) is 11.3. The lowest BCUT2D eigenvalue weighted by Crippen LogP contribution is -2.38. The number of guanidine groups is 1. The van der Waals surface area contributed by atoms with Crippen molar-refractivity contribution in [2.45, 2.75) is 46.3 Å². The number of aromatic nitrogens is 1. The normalized spacial score (nSPS) is 12.7. The van der Waals surface area contributed by atoms with Gasteiger partial charge < -0.3 is 20.5 Å². The molecule has 0 amide bonds. The number of nitrogens with zero attached hydrogens (tertiary/aromatic N) is 2. The number of nitrogens with one attached hydrogen (secondary N) is 2. The topological polar surface area (TPSA) is 78.8 Å². The Balaban J connectivity index is 1.89. The van der Waals surface area contributed by atoms with E-state index in [1.165, 1.54) is 11.1 Å². The number of aliphatic hydroxyl groups is 1. The summed E-state index contributed by atoms with van der Waals surface area (Å²) in [4.78, 5) is 8.64. The third-order valence-corrected chi connectivity index (χ3v) is 4.23. The van der Waals surface area contributed by atoms with Gasteiger partial charge in [-0.1, -0.05) is 12.1 Å². The van der Waals surface area contributed by atoms with E-state index in [1.54, 1.807) is 0 Å². The molecular weight excluding hydrogens is 352 g/mol. The van der Waals surface area contributed by atoms with Crippen LogP contribution in [0.3, 0.4) is 0 Å². The summed E-state index contributed by atoms with van der Waals surface area (Å²) in [5.41, 5.74) is 3.27. The van der Waals surface area contributed by atoms with E-state index in [9.17, 15) is 5.11 Å². The number of hydrogen-bond donors (Lipinski definition) is 3. The second-order valence-corrected chi connectivity index (χ2v) is 6.95.